The van der Waals surface area contributed by atoms with E-state index in [2.05, 4.69) is 15.9 Å². The van der Waals surface area contributed by atoms with Crippen LogP contribution in [0.3, 0.4) is 0 Å². The van der Waals surface area contributed by atoms with E-state index in [0.717, 1.165) is 21.3 Å². The number of fused-ring (bicyclic) bond motifs is 1. The fourth-order valence-corrected chi connectivity index (χ4v) is 3.58. The number of amides is 1. The molecule has 124 valence electrons. The SMILES string of the molecule is Cc1cc(Br)c2c(c1)C(=O)C(=O)N2CCOc1ccc(C)c(C)c1. The van der Waals surface area contributed by atoms with Gasteiger partial charge in [-0.3, -0.25) is 9.59 Å². The number of rotatable bonds is 4. The van der Waals surface area contributed by atoms with Crippen molar-refractivity contribution in [3.05, 3.63) is 57.1 Å². The van der Waals surface area contributed by atoms with Crippen LogP contribution in [0.25, 0.3) is 0 Å². The van der Waals surface area contributed by atoms with Gasteiger partial charge in [-0.1, -0.05) is 6.07 Å². The molecule has 2 aromatic carbocycles. The summed E-state index contributed by atoms with van der Waals surface area (Å²) in [4.78, 5) is 25.9. The molecule has 3 rings (SSSR count). The van der Waals surface area contributed by atoms with Crippen LogP contribution in [-0.4, -0.2) is 24.8 Å². The summed E-state index contributed by atoms with van der Waals surface area (Å²) in [6, 6.07) is 9.54. The molecule has 0 saturated carbocycles. The Bertz CT molecular complexity index is 845. The number of ketones is 1. The third-order valence-electron chi connectivity index (χ3n) is 4.22. The molecule has 0 aromatic heterocycles. The average molecular weight is 388 g/mol. The zero-order valence-corrected chi connectivity index (χ0v) is 15.4. The van der Waals surface area contributed by atoms with Gasteiger partial charge in [-0.25, -0.2) is 0 Å². The van der Waals surface area contributed by atoms with Gasteiger partial charge in [-0.2, -0.15) is 0 Å². The van der Waals surface area contributed by atoms with Crippen molar-refractivity contribution < 1.29 is 14.3 Å². The first kappa shape index (κ1) is 16.7. The number of halogens is 1. The number of anilines is 1. The minimum atomic E-state index is -0.500. The molecule has 0 unspecified atom stereocenters. The minimum absolute atomic E-state index is 0.321. The fourth-order valence-electron chi connectivity index (χ4n) is 2.79. The van der Waals surface area contributed by atoms with Gasteiger partial charge in [0.1, 0.15) is 12.4 Å². The topological polar surface area (TPSA) is 46.6 Å². The van der Waals surface area contributed by atoms with Crippen molar-refractivity contribution in [3.8, 4) is 5.75 Å². The number of Topliss-reactive ketones (excluding diaryl/α,β-unsaturated/α-hetero) is 1. The van der Waals surface area contributed by atoms with Crippen molar-refractivity contribution in [1.82, 2.24) is 0 Å². The highest BCUT2D eigenvalue weighted by Crippen LogP contribution is 2.37. The molecule has 0 radical (unpaired) electrons. The summed E-state index contributed by atoms with van der Waals surface area (Å²) >= 11 is 3.46. The summed E-state index contributed by atoms with van der Waals surface area (Å²) in [6.45, 7) is 6.62. The summed E-state index contributed by atoms with van der Waals surface area (Å²) in [5.74, 6) is -0.195. The third-order valence-corrected chi connectivity index (χ3v) is 4.83. The highest BCUT2D eigenvalue weighted by Gasteiger charge is 2.37. The van der Waals surface area contributed by atoms with Gasteiger partial charge in [0.05, 0.1) is 17.8 Å². The fraction of sp³-hybridized carbons (Fsp3) is 0.263. The number of hydrogen-bond acceptors (Lipinski definition) is 3. The van der Waals surface area contributed by atoms with Gasteiger partial charge in [-0.05, 0) is 77.7 Å². The Balaban J connectivity index is 1.76. The van der Waals surface area contributed by atoms with E-state index in [1.54, 1.807) is 6.07 Å². The summed E-state index contributed by atoms with van der Waals surface area (Å²) in [5, 5.41) is 0. The second-order valence-corrected chi connectivity index (χ2v) is 6.88. The van der Waals surface area contributed by atoms with Crippen LogP contribution in [-0.2, 0) is 4.79 Å². The quantitative estimate of drug-likeness (QED) is 0.745. The van der Waals surface area contributed by atoms with E-state index in [1.165, 1.54) is 10.5 Å². The lowest BCUT2D eigenvalue weighted by molar-refractivity contribution is -0.114. The lowest BCUT2D eigenvalue weighted by Crippen LogP contribution is -2.33. The Hall–Kier alpha value is -2.14. The lowest BCUT2D eigenvalue weighted by atomic mass is 10.1. The Kier molecular flexibility index (Phi) is 4.45. The van der Waals surface area contributed by atoms with Gasteiger partial charge in [0, 0.05) is 4.47 Å². The van der Waals surface area contributed by atoms with E-state index in [1.807, 2.05) is 45.0 Å². The molecule has 0 aliphatic carbocycles. The van der Waals surface area contributed by atoms with E-state index in [4.69, 9.17) is 4.74 Å². The van der Waals surface area contributed by atoms with E-state index in [-0.39, 0.29) is 0 Å². The van der Waals surface area contributed by atoms with Crippen LogP contribution in [0.1, 0.15) is 27.0 Å². The second kappa shape index (κ2) is 6.40. The van der Waals surface area contributed by atoms with Gasteiger partial charge in [0.25, 0.3) is 11.7 Å². The number of nitrogens with zero attached hydrogens (tertiary/aromatic N) is 1. The number of carbonyl (C=O) groups excluding carboxylic acids is 2. The Labute approximate surface area is 149 Å². The first-order valence-electron chi connectivity index (χ1n) is 7.75. The Morgan fingerprint density at radius 2 is 1.79 bits per heavy atom. The molecular formula is C19H18BrNO3. The van der Waals surface area contributed by atoms with Crippen LogP contribution < -0.4 is 9.64 Å². The zero-order chi connectivity index (χ0) is 17.4. The summed E-state index contributed by atoms with van der Waals surface area (Å²) in [6.07, 6.45) is 0. The molecule has 24 heavy (non-hydrogen) atoms. The molecule has 0 N–H and O–H groups in total. The Morgan fingerprint density at radius 1 is 1.04 bits per heavy atom. The van der Waals surface area contributed by atoms with Crippen molar-refractivity contribution in [1.29, 1.82) is 0 Å². The van der Waals surface area contributed by atoms with Gasteiger partial charge >= 0.3 is 0 Å². The average Bonchev–Trinajstić information content (AvgIpc) is 2.76. The highest BCUT2D eigenvalue weighted by molar-refractivity contribution is 9.10. The number of aryl methyl sites for hydroxylation is 3. The molecule has 2 aromatic rings. The monoisotopic (exact) mass is 387 g/mol. The first-order chi connectivity index (χ1) is 11.4. The van der Waals surface area contributed by atoms with Gasteiger partial charge in [0.15, 0.2) is 0 Å². The van der Waals surface area contributed by atoms with E-state index in [9.17, 15) is 9.59 Å². The molecule has 1 amide bonds. The third kappa shape index (κ3) is 2.96. The molecule has 0 spiro atoms. The van der Waals surface area contributed by atoms with Crippen molar-refractivity contribution in [2.75, 3.05) is 18.1 Å². The summed E-state index contributed by atoms with van der Waals surface area (Å²) in [7, 11) is 0. The smallest absolute Gasteiger partial charge is 0.299 e. The van der Waals surface area contributed by atoms with Crippen LogP contribution in [0.2, 0.25) is 0 Å². The molecule has 0 atom stereocenters. The van der Waals surface area contributed by atoms with Crippen LogP contribution in [0.5, 0.6) is 5.75 Å². The predicted octanol–water partition coefficient (Wildman–Crippen LogP) is 3.98. The van der Waals surface area contributed by atoms with E-state index < -0.39 is 11.7 Å². The van der Waals surface area contributed by atoms with Crippen LogP contribution in [0.15, 0.2) is 34.8 Å². The van der Waals surface area contributed by atoms with Crippen molar-refractivity contribution in [2.45, 2.75) is 20.8 Å². The standard InChI is InChI=1S/C19H18BrNO3/c1-11-8-15-17(16(20)9-11)21(19(23)18(15)22)6-7-24-14-5-4-12(2)13(3)10-14/h4-5,8-10H,6-7H2,1-3H3. The van der Waals surface area contributed by atoms with Crippen molar-refractivity contribution >= 4 is 33.3 Å². The molecule has 5 heteroatoms. The lowest BCUT2D eigenvalue weighted by Gasteiger charge is -2.18. The molecule has 1 heterocycles. The van der Waals surface area contributed by atoms with E-state index in [0.29, 0.717) is 24.4 Å². The second-order valence-electron chi connectivity index (χ2n) is 6.02. The highest BCUT2D eigenvalue weighted by atomic mass is 79.9. The number of hydrogen-bond donors (Lipinski definition) is 0. The number of ether oxygens (including phenoxy) is 1. The minimum Gasteiger partial charge on any atom is -0.492 e. The largest absolute Gasteiger partial charge is 0.492 e. The molecule has 1 aliphatic rings. The van der Waals surface area contributed by atoms with Gasteiger partial charge in [-0.15, -0.1) is 0 Å². The number of carbonyl (C=O) groups is 2. The summed E-state index contributed by atoms with van der Waals surface area (Å²) in [5.41, 5.74) is 4.40. The van der Waals surface area contributed by atoms with Crippen LogP contribution in [0, 0.1) is 20.8 Å². The van der Waals surface area contributed by atoms with Crippen molar-refractivity contribution in [3.63, 3.8) is 0 Å². The maximum absolute atomic E-state index is 12.3. The van der Waals surface area contributed by atoms with Crippen LogP contribution >= 0.6 is 15.9 Å². The maximum Gasteiger partial charge on any atom is 0.299 e. The zero-order valence-electron chi connectivity index (χ0n) is 13.9. The molecule has 4 nitrogen and oxygen atoms in total. The summed E-state index contributed by atoms with van der Waals surface area (Å²) < 4.78 is 6.50. The molecule has 0 bridgehead atoms. The first-order valence-corrected chi connectivity index (χ1v) is 8.54. The molecular weight excluding hydrogens is 370 g/mol. The molecule has 0 fully saturated rings. The van der Waals surface area contributed by atoms with Crippen LogP contribution in [0.4, 0.5) is 5.69 Å². The van der Waals surface area contributed by atoms with E-state index >= 15 is 0 Å². The number of benzene rings is 2. The molecule has 1 aliphatic heterocycles. The Morgan fingerprint density at radius 3 is 2.50 bits per heavy atom. The molecule has 0 saturated heterocycles. The van der Waals surface area contributed by atoms with Crippen molar-refractivity contribution in [2.24, 2.45) is 0 Å². The van der Waals surface area contributed by atoms with Gasteiger partial charge in [0.2, 0.25) is 0 Å². The maximum atomic E-state index is 12.3. The predicted molar refractivity (Wildman–Crippen MR) is 97.0 cm³/mol. The van der Waals surface area contributed by atoms with Gasteiger partial charge < -0.3 is 9.64 Å². The normalized spacial score (nSPS) is 13.4.